The van der Waals surface area contributed by atoms with Gasteiger partial charge in [-0.1, -0.05) is 22.7 Å². The summed E-state index contributed by atoms with van der Waals surface area (Å²) >= 11 is 0. The SMILES string of the molecule is CC1(C)c2ccccc2C(=O)N1F. The lowest BCUT2D eigenvalue weighted by atomic mass is 9.95. The van der Waals surface area contributed by atoms with E-state index in [4.69, 9.17) is 0 Å². The van der Waals surface area contributed by atoms with Gasteiger partial charge < -0.3 is 0 Å². The summed E-state index contributed by atoms with van der Waals surface area (Å²) < 4.78 is 13.4. The zero-order chi connectivity index (χ0) is 9.64. The molecule has 0 saturated carbocycles. The Balaban J connectivity index is 2.68. The van der Waals surface area contributed by atoms with Crippen LogP contribution in [-0.2, 0) is 5.54 Å². The smallest absolute Gasteiger partial charge is 0.266 e. The van der Waals surface area contributed by atoms with Gasteiger partial charge in [-0.15, -0.1) is 0 Å². The number of nitrogens with zero attached hydrogens (tertiary/aromatic N) is 1. The second kappa shape index (κ2) is 2.31. The van der Waals surface area contributed by atoms with Crippen LogP contribution < -0.4 is 0 Å². The first kappa shape index (κ1) is 8.23. The van der Waals surface area contributed by atoms with E-state index in [0.717, 1.165) is 5.56 Å². The van der Waals surface area contributed by atoms with Gasteiger partial charge in [-0.3, -0.25) is 4.79 Å². The zero-order valence-electron chi connectivity index (χ0n) is 7.54. The number of benzene rings is 1. The minimum atomic E-state index is -0.826. The maximum absolute atomic E-state index is 13.4. The van der Waals surface area contributed by atoms with Crippen LogP contribution in [0, 0.1) is 0 Å². The molecule has 1 aromatic rings. The van der Waals surface area contributed by atoms with Crippen LogP contribution in [0.3, 0.4) is 0 Å². The van der Waals surface area contributed by atoms with Gasteiger partial charge in [-0.05, 0) is 25.5 Å². The minimum absolute atomic E-state index is 0.289. The third-order valence-electron chi connectivity index (χ3n) is 2.49. The van der Waals surface area contributed by atoms with Crippen LogP contribution in [0.1, 0.15) is 29.8 Å². The Bertz CT molecular complexity index is 373. The van der Waals surface area contributed by atoms with Gasteiger partial charge in [0, 0.05) is 5.56 Å². The van der Waals surface area contributed by atoms with E-state index in [9.17, 15) is 9.28 Å². The Morgan fingerprint density at radius 1 is 1.31 bits per heavy atom. The van der Waals surface area contributed by atoms with Crippen molar-refractivity contribution in [3.8, 4) is 0 Å². The van der Waals surface area contributed by atoms with Crippen LogP contribution in [0.4, 0.5) is 4.48 Å². The molecule has 0 spiro atoms. The molecule has 68 valence electrons. The van der Waals surface area contributed by atoms with Gasteiger partial charge in [-0.2, -0.15) is 5.12 Å². The molecule has 1 amide bonds. The van der Waals surface area contributed by atoms with Crippen LogP contribution in [0.15, 0.2) is 24.3 Å². The summed E-state index contributed by atoms with van der Waals surface area (Å²) in [5, 5.41) is 0.289. The van der Waals surface area contributed by atoms with Crippen molar-refractivity contribution in [1.82, 2.24) is 5.12 Å². The molecular weight excluding hydrogens is 169 g/mol. The molecule has 1 aromatic carbocycles. The summed E-state index contributed by atoms with van der Waals surface area (Å²) in [6.07, 6.45) is 0. The molecule has 2 nitrogen and oxygen atoms in total. The molecule has 3 heteroatoms. The highest BCUT2D eigenvalue weighted by Gasteiger charge is 2.43. The largest absolute Gasteiger partial charge is 0.282 e. The number of rotatable bonds is 0. The number of hydrogen-bond donors (Lipinski definition) is 0. The van der Waals surface area contributed by atoms with Crippen LogP contribution >= 0.6 is 0 Å². The average Bonchev–Trinajstić information content (AvgIpc) is 2.30. The second-order valence-electron chi connectivity index (χ2n) is 3.69. The van der Waals surface area contributed by atoms with Gasteiger partial charge in [0.2, 0.25) is 0 Å². The summed E-state index contributed by atoms with van der Waals surface area (Å²) in [5.74, 6) is -0.541. The van der Waals surface area contributed by atoms with E-state index >= 15 is 0 Å². The Morgan fingerprint density at radius 3 is 2.54 bits per heavy atom. The third kappa shape index (κ3) is 0.899. The van der Waals surface area contributed by atoms with Crippen molar-refractivity contribution >= 4 is 5.91 Å². The molecule has 1 aliphatic heterocycles. The molecule has 13 heavy (non-hydrogen) atoms. The molecule has 0 unspecified atom stereocenters. The molecule has 1 aliphatic rings. The van der Waals surface area contributed by atoms with Gasteiger partial charge in [0.05, 0.1) is 5.54 Å². The van der Waals surface area contributed by atoms with Crippen molar-refractivity contribution in [1.29, 1.82) is 0 Å². The predicted molar refractivity (Wildman–Crippen MR) is 46.7 cm³/mol. The van der Waals surface area contributed by atoms with E-state index < -0.39 is 11.4 Å². The molecular formula is C10H10FNO. The lowest BCUT2D eigenvalue weighted by Crippen LogP contribution is -2.31. The van der Waals surface area contributed by atoms with E-state index in [-0.39, 0.29) is 5.12 Å². The molecule has 1 heterocycles. The minimum Gasteiger partial charge on any atom is -0.266 e. The summed E-state index contributed by atoms with van der Waals surface area (Å²) in [7, 11) is 0. The van der Waals surface area contributed by atoms with Crippen molar-refractivity contribution in [2.45, 2.75) is 19.4 Å². The Morgan fingerprint density at radius 2 is 1.92 bits per heavy atom. The quantitative estimate of drug-likeness (QED) is 0.559. The zero-order valence-corrected chi connectivity index (χ0v) is 7.54. The van der Waals surface area contributed by atoms with Crippen molar-refractivity contribution in [3.05, 3.63) is 35.4 Å². The number of halogens is 1. The van der Waals surface area contributed by atoms with Crippen molar-refractivity contribution in [3.63, 3.8) is 0 Å². The standard InChI is InChI=1S/C10H10FNO/c1-10(2)8-6-4-3-5-7(8)9(13)12(10)11/h3-6H,1-2H3. The summed E-state index contributed by atoms with van der Waals surface area (Å²) in [5.41, 5.74) is 0.394. The maximum Gasteiger partial charge on any atom is 0.282 e. The molecule has 0 aliphatic carbocycles. The average molecular weight is 179 g/mol. The van der Waals surface area contributed by atoms with Gasteiger partial charge in [0.25, 0.3) is 5.91 Å². The van der Waals surface area contributed by atoms with E-state index in [2.05, 4.69) is 0 Å². The number of carbonyl (C=O) groups is 1. The van der Waals surface area contributed by atoms with Gasteiger partial charge in [0.1, 0.15) is 0 Å². The molecule has 0 radical (unpaired) electrons. The molecule has 0 bridgehead atoms. The van der Waals surface area contributed by atoms with E-state index in [1.54, 1.807) is 32.0 Å². The summed E-state index contributed by atoms with van der Waals surface area (Å²) in [6, 6.07) is 6.99. The summed E-state index contributed by atoms with van der Waals surface area (Å²) in [6.45, 7) is 3.38. The number of hydrogen-bond acceptors (Lipinski definition) is 1. The molecule has 2 rings (SSSR count). The van der Waals surface area contributed by atoms with E-state index in [1.165, 1.54) is 0 Å². The highest BCUT2D eigenvalue weighted by Crippen LogP contribution is 2.38. The van der Waals surface area contributed by atoms with E-state index in [1.807, 2.05) is 6.07 Å². The highest BCUT2D eigenvalue weighted by molar-refractivity contribution is 5.99. The van der Waals surface area contributed by atoms with Crippen LogP contribution in [-0.4, -0.2) is 11.0 Å². The lowest BCUT2D eigenvalue weighted by Gasteiger charge is -2.23. The van der Waals surface area contributed by atoms with Crippen molar-refractivity contribution < 1.29 is 9.28 Å². The Labute approximate surface area is 75.9 Å². The van der Waals surface area contributed by atoms with Crippen LogP contribution in [0.25, 0.3) is 0 Å². The van der Waals surface area contributed by atoms with Gasteiger partial charge in [-0.25, -0.2) is 0 Å². The lowest BCUT2D eigenvalue weighted by molar-refractivity contribution is -0.0314. The summed E-state index contributed by atoms with van der Waals surface area (Å²) in [4.78, 5) is 11.4. The first-order chi connectivity index (χ1) is 6.05. The Kier molecular flexibility index (Phi) is 1.46. The molecule has 0 fully saturated rings. The van der Waals surface area contributed by atoms with Gasteiger partial charge >= 0.3 is 0 Å². The first-order valence-corrected chi connectivity index (χ1v) is 4.15. The number of amides is 1. The fourth-order valence-electron chi connectivity index (χ4n) is 1.67. The van der Waals surface area contributed by atoms with E-state index in [0.29, 0.717) is 5.56 Å². The fraction of sp³-hybridized carbons (Fsp3) is 0.300. The fourth-order valence-corrected chi connectivity index (χ4v) is 1.67. The highest BCUT2D eigenvalue weighted by atomic mass is 19.2. The van der Waals surface area contributed by atoms with Crippen LogP contribution in [0.5, 0.6) is 0 Å². The monoisotopic (exact) mass is 179 g/mol. The molecule has 0 atom stereocenters. The molecule has 0 aromatic heterocycles. The topological polar surface area (TPSA) is 20.3 Å². The molecule has 0 N–H and O–H groups in total. The Hall–Kier alpha value is -1.38. The second-order valence-corrected chi connectivity index (χ2v) is 3.69. The first-order valence-electron chi connectivity index (χ1n) is 4.15. The van der Waals surface area contributed by atoms with Crippen molar-refractivity contribution in [2.75, 3.05) is 0 Å². The predicted octanol–water partition coefficient (Wildman–Crippen LogP) is 2.26. The van der Waals surface area contributed by atoms with Crippen LogP contribution in [0.2, 0.25) is 0 Å². The van der Waals surface area contributed by atoms with Gasteiger partial charge in [0.15, 0.2) is 0 Å². The third-order valence-corrected chi connectivity index (χ3v) is 2.49. The number of carbonyl (C=O) groups excluding carboxylic acids is 1. The molecule has 0 saturated heterocycles. The maximum atomic E-state index is 13.4. The normalized spacial score (nSPS) is 19.0. The number of fused-ring (bicyclic) bond motifs is 1. The van der Waals surface area contributed by atoms with Crippen molar-refractivity contribution in [2.24, 2.45) is 0 Å².